The van der Waals surface area contributed by atoms with E-state index in [9.17, 15) is 4.79 Å². The Morgan fingerprint density at radius 2 is 2.08 bits per heavy atom. The summed E-state index contributed by atoms with van der Waals surface area (Å²) in [6, 6.07) is 2.07. The van der Waals surface area contributed by atoms with Crippen molar-refractivity contribution < 1.29 is 18.8 Å². The molecule has 1 aromatic heterocycles. The number of morpholine rings is 1. The van der Waals surface area contributed by atoms with Gasteiger partial charge in [-0.2, -0.15) is 0 Å². The van der Waals surface area contributed by atoms with Gasteiger partial charge in [-0.15, -0.1) is 0 Å². The number of nitrogens with zero attached hydrogens (tertiary/aromatic N) is 2. The zero-order chi connectivity index (χ0) is 16.4. The van der Waals surface area contributed by atoms with Crippen molar-refractivity contribution in [2.75, 3.05) is 46.1 Å². The van der Waals surface area contributed by atoms with E-state index in [2.05, 4.69) is 15.4 Å². The molecule has 3 aliphatic rings. The van der Waals surface area contributed by atoms with Crippen molar-refractivity contribution in [3.63, 3.8) is 0 Å². The molecule has 4 rings (SSSR count). The van der Waals surface area contributed by atoms with Gasteiger partial charge in [0.2, 0.25) is 0 Å². The maximum absolute atomic E-state index is 12.4. The number of ether oxygens (including phenoxy) is 2. The summed E-state index contributed by atoms with van der Waals surface area (Å²) in [5.74, 6) is 1.62. The minimum absolute atomic E-state index is 0.150. The molecular weight excluding hydrogens is 310 g/mol. The Kier molecular flexibility index (Phi) is 4.82. The third-order valence-corrected chi connectivity index (χ3v) is 5.24. The summed E-state index contributed by atoms with van der Waals surface area (Å²) >= 11 is 0. The van der Waals surface area contributed by atoms with Gasteiger partial charge in [0.15, 0.2) is 5.69 Å². The predicted octanol–water partition coefficient (Wildman–Crippen LogP) is 1.02. The molecule has 1 aliphatic carbocycles. The van der Waals surface area contributed by atoms with Crippen molar-refractivity contribution in [2.24, 2.45) is 5.92 Å². The first-order valence-electron chi connectivity index (χ1n) is 8.95. The Morgan fingerprint density at radius 1 is 1.25 bits per heavy atom. The van der Waals surface area contributed by atoms with Crippen molar-refractivity contribution in [3.8, 4) is 0 Å². The molecule has 7 nitrogen and oxygen atoms in total. The molecule has 2 atom stereocenters. The fourth-order valence-corrected chi connectivity index (χ4v) is 3.60. The lowest BCUT2D eigenvalue weighted by Crippen LogP contribution is -2.52. The van der Waals surface area contributed by atoms with Gasteiger partial charge in [-0.1, -0.05) is 5.16 Å². The number of amides is 1. The Morgan fingerprint density at radius 3 is 2.79 bits per heavy atom. The van der Waals surface area contributed by atoms with Gasteiger partial charge in [0.25, 0.3) is 5.91 Å². The first kappa shape index (κ1) is 16.1. The normalized spacial score (nSPS) is 26.4. The predicted molar refractivity (Wildman–Crippen MR) is 85.9 cm³/mol. The number of rotatable bonds is 6. The second kappa shape index (κ2) is 7.21. The van der Waals surface area contributed by atoms with Crippen LogP contribution in [0.15, 0.2) is 10.6 Å². The quantitative estimate of drug-likeness (QED) is 0.836. The minimum atomic E-state index is -0.150. The monoisotopic (exact) mass is 335 g/mol. The van der Waals surface area contributed by atoms with Crippen molar-refractivity contribution >= 4 is 5.91 Å². The van der Waals surface area contributed by atoms with Crippen LogP contribution in [0.4, 0.5) is 0 Å². The van der Waals surface area contributed by atoms with Crippen molar-refractivity contribution in [1.82, 2.24) is 15.4 Å². The van der Waals surface area contributed by atoms with Crippen LogP contribution in [0.3, 0.4) is 0 Å². The fourth-order valence-electron chi connectivity index (χ4n) is 3.60. The molecule has 1 aromatic rings. The average molecular weight is 335 g/mol. The summed E-state index contributed by atoms with van der Waals surface area (Å²) in [5, 5.41) is 6.97. The van der Waals surface area contributed by atoms with E-state index in [1.165, 1.54) is 0 Å². The first-order chi connectivity index (χ1) is 11.8. The molecule has 0 bridgehead atoms. The van der Waals surface area contributed by atoms with Crippen LogP contribution in [-0.2, 0) is 9.47 Å². The van der Waals surface area contributed by atoms with Gasteiger partial charge in [0, 0.05) is 50.2 Å². The van der Waals surface area contributed by atoms with Crippen LogP contribution in [-0.4, -0.2) is 68.1 Å². The lowest BCUT2D eigenvalue weighted by atomic mass is 9.97. The summed E-state index contributed by atoms with van der Waals surface area (Å²) in [5.41, 5.74) is 0.389. The molecule has 0 unspecified atom stereocenters. The summed E-state index contributed by atoms with van der Waals surface area (Å²) in [7, 11) is 0. The number of carbonyl (C=O) groups is 1. The molecular formula is C17H25N3O4. The number of nitrogens with one attached hydrogen (secondary N) is 1. The average Bonchev–Trinajstić information content (AvgIpc) is 3.12. The van der Waals surface area contributed by atoms with Crippen molar-refractivity contribution in [3.05, 3.63) is 17.5 Å². The van der Waals surface area contributed by atoms with Crippen LogP contribution in [0, 0.1) is 5.92 Å². The smallest absolute Gasteiger partial charge is 0.273 e. The third kappa shape index (κ3) is 3.63. The summed E-state index contributed by atoms with van der Waals surface area (Å²) in [6.45, 7) is 5.53. The van der Waals surface area contributed by atoms with Gasteiger partial charge in [0.1, 0.15) is 5.76 Å². The Balaban J connectivity index is 1.36. The SMILES string of the molecule is O=C(NC[C@@H]([C@@H]1CCOC1)N1CCOCC1)c1cc(C2CC2)on1. The first-order valence-corrected chi connectivity index (χ1v) is 8.95. The third-order valence-electron chi connectivity index (χ3n) is 5.24. The second-order valence-corrected chi connectivity index (χ2v) is 6.94. The van der Waals surface area contributed by atoms with E-state index in [4.69, 9.17) is 14.0 Å². The van der Waals surface area contributed by atoms with Gasteiger partial charge in [0.05, 0.1) is 19.8 Å². The molecule has 0 spiro atoms. The summed E-state index contributed by atoms with van der Waals surface area (Å²) in [4.78, 5) is 14.8. The zero-order valence-corrected chi connectivity index (χ0v) is 13.9. The van der Waals surface area contributed by atoms with Gasteiger partial charge in [-0.3, -0.25) is 9.69 Å². The lowest BCUT2D eigenvalue weighted by Gasteiger charge is -2.37. The minimum Gasteiger partial charge on any atom is -0.381 e. The Hall–Kier alpha value is -1.44. The highest BCUT2D eigenvalue weighted by Gasteiger charge is 2.32. The van der Waals surface area contributed by atoms with E-state index in [1.807, 2.05) is 0 Å². The fraction of sp³-hybridized carbons (Fsp3) is 0.765. The molecule has 0 radical (unpaired) electrons. The van der Waals surface area contributed by atoms with E-state index in [1.54, 1.807) is 6.07 Å². The van der Waals surface area contributed by atoms with Crippen LogP contribution >= 0.6 is 0 Å². The number of carbonyl (C=O) groups excluding carboxylic acids is 1. The van der Waals surface area contributed by atoms with Gasteiger partial charge in [-0.05, 0) is 19.3 Å². The topological polar surface area (TPSA) is 76.8 Å². The van der Waals surface area contributed by atoms with Crippen LogP contribution < -0.4 is 5.32 Å². The number of hydrogen-bond donors (Lipinski definition) is 1. The number of aromatic nitrogens is 1. The Labute approximate surface area is 141 Å². The second-order valence-electron chi connectivity index (χ2n) is 6.94. The molecule has 2 aliphatic heterocycles. The molecule has 7 heteroatoms. The standard InChI is InChI=1S/C17H25N3O4/c21-17(14-9-16(24-19-14)12-1-2-12)18-10-15(13-3-6-23-11-13)20-4-7-22-8-5-20/h9,12-13,15H,1-8,10-11H2,(H,18,21)/t13-,15+/m1/s1. The molecule has 3 heterocycles. The maximum Gasteiger partial charge on any atom is 0.273 e. The van der Waals surface area contributed by atoms with E-state index in [0.717, 1.165) is 64.5 Å². The van der Waals surface area contributed by atoms with E-state index in [-0.39, 0.29) is 11.9 Å². The highest BCUT2D eigenvalue weighted by molar-refractivity contribution is 5.92. The molecule has 0 aromatic carbocycles. The highest BCUT2D eigenvalue weighted by Crippen LogP contribution is 2.40. The lowest BCUT2D eigenvalue weighted by molar-refractivity contribution is 0.00164. The largest absolute Gasteiger partial charge is 0.381 e. The van der Waals surface area contributed by atoms with E-state index >= 15 is 0 Å². The van der Waals surface area contributed by atoms with Crippen molar-refractivity contribution in [2.45, 2.75) is 31.2 Å². The van der Waals surface area contributed by atoms with Crippen LogP contribution in [0.1, 0.15) is 41.4 Å². The molecule has 24 heavy (non-hydrogen) atoms. The number of hydrogen-bond acceptors (Lipinski definition) is 6. The van der Waals surface area contributed by atoms with E-state index in [0.29, 0.717) is 24.1 Å². The van der Waals surface area contributed by atoms with Crippen LogP contribution in [0.5, 0.6) is 0 Å². The molecule has 1 amide bonds. The van der Waals surface area contributed by atoms with Crippen LogP contribution in [0.2, 0.25) is 0 Å². The van der Waals surface area contributed by atoms with Gasteiger partial charge in [-0.25, -0.2) is 0 Å². The van der Waals surface area contributed by atoms with Crippen molar-refractivity contribution in [1.29, 1.82) is 0 Å². The zero-order valence-electron chi connectivity index (χ0n) is 13.9. The molecule has 1 saturated carbocycles. The van der Waals surface area contributed by atoms with Gasteiger partial charge < -0.3 is 19.3 Å². The van der Waals surface area contributed by atoms with E-state index < -0.39 is 0 Å². The van der Waals surface area contributed by atoms with Gasteiger partial charge >= 0.3 is 0 Å². The molecule has 1 N–H and O–H groups in total. The molecule has 3 fully saturated rings. The molecule has 132 valence electrons. The highest BCUT2D eigenvalue weighted by atomic mass is 16.5. The molecule has 2 saturated heterocycles. The Bertz CT molecular complexity index is 560. The van der Waals surface area contributed by atoms with Crippen LogP contribution in [0.25, 0.3) is 0 Å². The summed E-state index contributed by atoms with van der Waals surface area (Å²) in [6.07, 6.45) is 3.32. The summed E-state index contributed by atoms with van der Waals surface area (Å²) < 4.78 is 16.3. The maximum atomic E-state index is 12.4.